The second-order valence-corrected chi connectivity index (χ2v) is 6.28. The average molecular weight is 369 g/mol. The summed E-state index contributed by atoms with van der Waals surface area (Å²) in [5.41, 5.74) is 3.43. The van der Waals surface area contributed by atoms with Crippen molar-refractivity contribution in [3.05, 3.63) is 59.7 Å². The molecule has 5 nitrogen and oxygen atoms in total. The summed E-state index contributed by atoms with van der Waals surface area (Å²) in [6.07, 6.45) is 1.43. The SMILES string of the molecule is CCC(=O)Nc1cccc(NC(=S)NC(=O)CCc2ccccc2)c1C. The van der Waals surface area contributed by atoms with E-state index in [1.165, 1.54) is 0 Å². The van der Waals surface area contributed by atoms with E-state index in [4.69, 9.17) is 12.2 Å². The fourth-order valence-corrected chi connectivity index (χ4v) is 2.61. The zero-order valence-electron chi connectivity index (χ0n) is 15.0. The molecule has 0 bridgehead atoms. The molecule has 0 fully saturated rings. The first-order valence-corrected chi connectivity index (χ1v) is 8.94. The number of hydrogen-bond donors (Lipinski definition) is 3. The predicted molar refractivity (Wildman–Crippen MR) is 109 cm³/mol. The van der Waals surface area contributed by atoms with E-state index in [0.29, 0.717) is 19.3 Å². The third-order valence-electron chi connectivity index (χ3n) is 3.91. The zero-order chi connectivity index (χ0) is 18.9. The van der Waals surface area contributed by atoms with Gasteiger partial charge in [-0.25, -0.2) is 0 Å². The molecule has 0 heterocycles. The first-order chi connectivity index (χ1) is 12.5. The Morgan fingerprint density at radius 3 is 2.23 bits per heavy atom. The predicted octanol–water partition coefficient (Wildman–Crippen LogP) is 3.79. The van der Waals surface area contributed by atoms with Crippen molar-refractivity contribution < 1.29 is 9.59 Å². The van der Waals surface area contributed by atoms with Crippen LogP contribution in [-0.2, 0) is 16.0 Å². The van der Waals surface area contributed by atoms with E-state index >= 15 is 0 Å². The van der Waals surface area contributed by atoms with Crippen LogP contribution in [-0.4, -0.2) is 16.9 Å². The normalized spacial score (nSPS) is 10.1. The van der Waals surface area contributed by atoms with Crippen molar-refractivity contribution in [3.8, 4) is 0 Å². The van der Waals surface area contributed by atoms with Crippen molar-refractivity contribution >= 4 is 40.5 Å². The smallest absolute Gasteiger partial charge is 0.226 e. The molecule has 0 spiro atoms. The highest BCUT2D eigenvalue weighted by atomic mass is 32.1. The van der Waals surface area contributed by atoms with Gasteiger partial charge in [0.05, 0.1) is 0 Å². The molecular formula is C20H23N3O2S. The molecule has 0 unspecified atom stereocenters. The Hall–Kier alpha value is -2.73. The van der Waals surface area contributed by atoms with Crippen molar-refractivity contribution in [2.45, 2.75) is 33.1 Å². The lowest BCUT2D eigenvalue weighted by atomic mass is 10.1. The van der Waals surface area contributed by atoms with Crippen LogP contribution >= 0.6 is 12.2 Å². The molecule has 3 N–H and O–H groups in total. The fraction of sp³-hybridized carbons (Fsp3) is 0.250. The van der Waals surface area contributed by atoms with Gasteiger partial charge in [-0.15, -0.1) is 0 Å². The van der Waals surface area contributed by atoms with Gasteiger partial charge in [0.1, 0.15) is 0 Å². The Morgan fingerprint density at radius 2 is 1.58 bits per heavy atom. The van der Waals surface area contributed by atoms with E-state index in [0.717, 1.165) is 22.5 Å². The standard InChI is InChI=1S/C20H23N3O2S/c1-3-18(24)21-16-10-7-11-17(14(16)2)22-20(26)23-19(25)13-12-15-8-5-4-6-9-15/h4-11H,3,12-13H2,1-2H3,(H,21,24)(H2,22,23,25,26). The first kappa shape index (κ1) is 19.6. The highest BCUT2D eigenvalue weighted by molar-refractivity contribution is 7.80. The van der Waals surface area contributed by atoms with Crippen LogP contribution in [0, 0.1) is 6.92 Å². The van der Waals surface area contributed by atoms with Gasteiger partial charge in [0, 0.05) is 24.2 Å². The summed E-state index contributed by atoms with van der Waals surface area (Å²) in [5, 5.41) is 8.79. The topological polar surface area (TPSA) is 70.2 Å². The van der Waals surface area contributed by atoms with Gasteiger partial charge in [0.25, 0.3) is 0 Å². The Kier molecular flexibility index (Phi) is 7.29. The Labute approximate surface area is 159 Å². The van der Waals surface area contributed by atoms with Crippen LogP contribution in [0.3, 0.4) is 0 Å². The highest BCUT2D eigenvalue weighted by Crippen LogP contribution is 2.23. The molecule has 0 aliphatic rings. The summed E-state index contributed by atoms with van der Waals surface area (Å²) >= 11 is 5.23. The lowest BCUT2D eigenvalue weighted by molar-refractivity contribution is -0.119. The zero-order valence-corrected chi connectivity index (χ0v) is 15.8. The lowest BCUT2D eigenvalue weighted by Crippen LogP contribution is -2.34. The van der Waals surface area contributed by atoms with Gasteiger partial charge in [-0.2, -0.15) is 0 Å². The molecule has 0 atom stereocenters. The van der Waals surface area contributed by atoms with E-state index < -0.39 is 0 Å². The van der Waals surface area contributed by atoms with Gasteiger partial charge in [-0.3, -0.25) is 9.59 Å². The Bertz CT molecular complexity index is 791. The maximum absolute atomic E-state index is 12.1. The van der Waals surface area contributed by atoms with Crippen molar-refractivity contribution in [1.29, 1.82) is 0 Å². The van der Waals surface area contributed by atoms with E-state index in [9.17, 15) is 9.59 Å². The van der Waals surface area contributed by atoms with Gasteiger partial charge in [0.15, 0.2) is 5.11 Å². The summed E-state index contributed by atoms with van der Waals surface area (Å²) in [5.74, 6) is -0.193. The first-order valence-electron chi connectivity index (χ1n) is 8.53. The average Bonchev–Trinajstić information content (AvgIpc) is 2.64. The lowest BCUT2D eigenvalue weighted by Gasteiger charge is -2.15. The maximum atomic E-state index is 12.1. The summed E-state index contributed by atoms with van der Waals surface area (Å²) in [6, 6.07) is 15.3. The molecule has 2 amide bonds. The van der Waals surface area contributed by atoms with Gasteiger partial charge in [-0.1, -0.05) is 43.3 Å². The van der Waals surface area contributed by atoms with Crippen molar-refractivity contribution in [1.82, 2.24) is 5.32 Å². The van der Waals surface area contributed by atoms with Crippen LogP contribution in [0.1, 0.15) is 30.9 Å². The number of carbonyl (C=O) groups excluding carboxylic acids is 2. The minimum absolute atomic E-state index is 0.0537. The molecule has 2 aromatic rings. The number of aryl methyl sites for hydroxylation is 1. The number of amides is 2. The minimum Gasteiger partial charge on any atom is -0.332 e. The van der Waals surface area contributed by atoms with Crippen LogP contribution in [0.15, 0.2) is 48.5 Å². The van der Waals surface area contributed by atoms with E-state index in [-0.39, 0.29) is 16.9 Å². The summed E-state index contributed by atoms with van der Waals surface area (Å²) in [6.45, 7) is 3.68. The van der Waals surface area contributed by atoms with Crippen molar-refractivity contribution in [3.63, 3.8) is 0 Å². The molecule has 0 aliphatic heterocycles. The molecule has 0 saturated heterocycles. The molecular weight excluding hydrogens is 346 g/mol. The van der Waals surface area contributed by atoms with Gasteiger partial charge in [-0.05, 0) is 48.8 Å². The quantitative estimate of drug-likeness (QED) is 0.678. The van der Waals surface area contributed by atoms with Gasteiger partial charge < -0.3 is 16.0 Å². The van der Waals surface area contributed by atoms with Gasteiger partial charge in [0.2, 0.25) is 11.8 Å². The second kappa shape index (κ2) is 9.68. The molecule has 0 aromatic heterocycles. The van der Waals surface area contributed by atoms with E-state index in [1.54, 1.807) is 6.92 Å². The second-order valence-electron chi connectivity index (χ2n) is 5.87. The highest BCUT2D eigenvalue weighted by Gasteiger charge is 2.09. The number of carbonyl (C=O) groups is 2. The third kappa shape index (κ3) is 5.97. The number of anilines is 2. The molecule has 6 heteroatoms. The summed E-state index contributed by atoms with van der Waals surface area (Å²) in [4.78, 5) is 23.6. The fourth-order valence-electron chi connectivity index (χ4n) is 2.39. The number of hydrogen-bond acceptors (Lipinski definition) is 3. The number of thiocarbonyl (C=S) groups is 1. The Morgan fingerprint density at radius 1 is 0.923 bits per heavy atom. The summed E-state index contributed by atoms with van der Waals surface area (Å²) in [7, 11) is 0. The van der Waals surface area contributed by atoms with E-state index in [2.05, 4.69) is 16.0 Å². The third-order valence-corrected chi connectivity index (χ3v) is 4.12. The van der Waals surface area contributed by atoms with Gasteiger partial charge >= 0.3 is 0 Å². The van der Waals surface area contributed by atoms with Crippen molar-refractivity contribution in [2.24, 2.45) is 0 Å². The van der Waals surface area contributed by atoms with Crippen LogP contribution in [0.25, 0.3) is 0 Å². The monoisotopic (exact) mass is 369 g/mol. The molecule has 0 saturated carbocycles. The number of rotatable bonds is 6. The Balaban J connectivity index is 1.90. The van der Waals surface area contributed by atoms with Crippen LogP contribution < -0.4 is 16.0 Å². The largest absolute Gasteiger partial charge is 0.332 e. The molecule has 136 valence electrons. The number of nitrogens with one attached hydrogen (secondary N) is 3. The molecule has 2 aromatic carbocycles. The molecule has 26 heavy (non-hydrogen) atoms. The van der Waals surface area contributed by atoms with Crippen LogP contribution in [0.5, 0.6) is 0 Å². The van der Waals surface area contributed by atoms with Crippen LogP contribution in [0.4, 0.5) is 11.4 Å². The number of benzene rings is 2. The summed E-state index contributed by atoms with van der Waals surface area (Å²) < 4.78 is 0. The van der Waals surface area contributed by atoms with Crippen molar-refractivity contribution in [2.75, 3.05) is 10.6 Å². The molecule has 2 rings (SSSR count). The van der Waals surface area contributed by atoms with Crippen LogP contribution in [0.2, 0.25) is 0 Å². The molecule has 0 radical (unpaired) electrons. The minimum atomic E-state index is -0.139. The van der Waals surface area contributed by atoms with E-state index in [1.807, 2.05) is 55.5 Å². The maximum Gasteiger partial charge on any atom is 0.226 e. The molecule has 0 aliphatic carbocycles.